The van der Waals surface area contributed by atoms with Gasteiger partial charge in [-0.15, -0.1) is 0 Å². The van der Waals surface area contributed by atoms with Crippen molar-refractivity contribution in [2.24, 2.45) is 5.92 Å². The van der Waals surface area contributed by atoms with Crippen LogP contribution in [0.4, 0.5) is 5.13 Å². The summed E-state index contributed by atoms with van der Waals surface area (Å²) in [5.41, 5.74) is -0.0512. The van der Waals surface area contributed by atoms with Crippen molar-refractivity contribution in [3.8, 4) is 0 Å². The standard InChI is InChI=1S/C11H19N3O2S/c1-7(8(15)16-5)6-12-10-13-9(14-17-10)11(2,3)4/h7H,6H2,1-5H3,(H,12,13,14). The third-order valence-corrected chi connectivity index (χ3v) is 2.93. The molecule has 6 heteroatoms. The third kappa shape index (κ3) is 3.96. The molecular weight excluding hydrogens is 238 g/mol. The highest BCUT2D eigenvalue weighted by molar-refractivity contribution is 7.09. The molecule has 0 fully saturated rings. The van der Waals surface area contributed by atoms with E-state index in [1.807, 2.05) is 6.92 Å². The van der Waals surface area contributed by atoms with Crippen LogP contribution in [0.1, 0.15) is 33.5 Å². The van der Waals surface area contributed by atoms with Crippen molar-refractivity contribution < 1.29 is 9.53 Å². The van der Waals surface area contributed by atoms with Gasteiger partial charge >= 0.3 is 5.97 Å². The molecule has 5 nitrogen and oxygen atoms in total. The third-order valence-electron chi connectivity index (χ3n) is 2.26. The lowest BCUT2D eigenvalue weighted by atomic mass is 9.96. The zero-order chi connectivity index (χ0) is 13.1. The Hall–Kier alpha value is -1.17. The number of anilines is 1. The minimum Gasteiger partial charge on any atom is -0.469 e. The number of carbonyl (C=O) groups excluding carboxylic acids is 1. The highest BCUT2D eigenvalue weighted by Crippen LogP contribution is 2.22. The molecule has 0 aliphatic heterocycles. The zero-order valence-electron chi connectivity index (χ0n) is 10.9. The van der Waals surface area contributed by atoms with Gasteiger partial charge in [0, 0.05) is 23.5 Å². The molecule has 1 aromatic heterocycles. The molecule has 1 heterocycles. The fourth-order valence-corrected chi connectivity index (χ4v) is 1.89. The maximum Gasteiger partial charge on any atom is 0.310 e. The lowest BCUT2D eigenvalue weighted by Crippen LogP contribution is -2.21. The molecular formula is C11H19N3O2S. The Morgan fingerprint density at radius 3 is 2.65 bits per heavy atom. The van der Waals surface area contributed by atoms with Crippen molar-refractivity contribution in [2.45, 2.75) is 33.1 Å². The molecule has 1 atom stereocenters. The molecule has 0 saturated heterocycles. The van der Waals surface area contributed by atoms with Crippen molar-refractivity contribution in [2.75, 3.05) is 19.0 Å². The van der Waals surface area contributed by atoms with Crippen LogP contribution in [-0.2, 0) is 14.9 Å². The molecule has 96 valence electrons. The van der Waals surface area contributed by atoms with Gasteiger partial charge < -0.3 is 10.1 Å². The van der Waals surface area contributed by atoms with Crippen LogP contribution >= 0.6 is 11.5 Å². The van der Waals surface area contributed by atoms with E-state index < -0.39 is 0 Å². The van der Waals surface area contributed by atoms with E-state index >= 15 is 0 Å². The van der Waals surface area contributed by atoms with E-state index in [0.29, 0.717) is 6.54 Å². The van der Waals surface area contributed by atoms with Gasteiger partial charge in [-0.05, 0) is 0 Å². The summed E-state index contributed by atoms with van der Waals surface area (Å²) in [6.07, 6.45) is 0. The average Bonchev–Trinajstić information content (AvgIpc) is 2.72. The van der Waals surface area contributed by atoms with E-state index in [9.17, 15) is 4.79 Å². The normalized spacial score (nSPS) is 13.2. The summed E-state index contributed by atoms with van der Waals surface area (Å²) in [7, 11) is 1.39. The second kappa shape index (κ2) is 5.44. The van der Waals surface area contributed by atoms with Gasteiger partial charge in [0.15, 0.2) is 0 Å². The molecule has 0 amide bonds. The summed E-state index contributed by atoms with van der Waals surface area (Å²) in [6.45, 7) is 8.51. The highest BCUT2D eigenvalue weighted by atomic mass is 32.1. The van der Waals surface area contributed by atoms with Crippen LogP contribution in [0, 0.1) is 5.92 Å². The predicted octanol–water partition coefficient (Wildman–Crippen LogP) is 2.06. The molecule has 0 aromatic carbocycles. The number of rotatable bonds is 4. The number of ether oxygens (including phenoxy) is 1. The molecule has 0 bridgehead atoms. The summed E-state index contributed by atoms with van der Waals surface area (Å²) >= 11 is 1.31. The van der Waals surface area contributed by atoms with Crippen molar-refractivity contribution in [1.29, 1.82) is 0 Å². The van der Waals surface area contributed by atoms with Gasteiger partial charge in [0.25, 0.3) is 0 Å². The molecule has 0 saturated carbocycles. The van der Waals surface area contributed by atoms with E-state index in [4.69, 9.17) is 0 Å². The number of hydrogen-bond acceptors (Lipinski definition) is 6. The molecule has 0 aliphatic carbocycles. The van der Waals surface area contributed by atoms with E-state index in [1.54, 1.807) is 0 Å². The largest absolute Gasteiger partial charge is 0.469 e. The van der Waals surface area contributed by atoms with Crippen LogP contribution in [0.2, 0.25) is 0 Å². The van der Waals surface area contributed by atoms with Crippen LogP contribution in [0.5, 0.6) is 0 Å². The minimum atomic E-state index is -0.224. The number of esters is 1. The van der Waals surface area contributed by atoms with Crippen LogP contribution in [0.25, 0.3) is 0 Å². The number of nitrogens with one attached hydrogen (secondary N) is 1. The molecule has 17 heavy (non-hydrogen) atoms. The Bertz CT molecular complexity index is 384. The Morgan fingerprint density at radius 1 is 1.53 bits per heavy atom. The van der Waals surface area contributed by atoms with E-state index in [2.05, 4.69) is 40.2 Å². The average molecular weight is 257 g/mol. The Labute approximate surface area is 106 Å². The first-order chi connectivity index (χ1) is 7.84. The van der Waals surface area contributed by atoms with Gasteiger partial charge in [-0.2, -0.15) is 4.37 Å². The number of carbonyl (C=O) groups is 1. The zero-order valence-corrected chi connectivity index (χ0v) is 11.7. The first-order valence-electron chi connectivity index (χ1n) is 5.50. The maximum atomic E-state index is 11.2. The number of nitrogens with zero attached hydrogens (tertiary/aromatic N) is 2. The second-order valence-corrected chi connectivity index (χ2v) is 5.73. The first-order valence-corrected chi connectivity index (χ1v) is 6.28. The Kier molecular flexibility index (Phi) is 4.45. The van der Waals surface area contributed by atoms with Gasteiger partial charge in [0.1, 0.15) is 5.82 Å². The van der Waals surface area contributed by atoms with Gasteiger partial charge in [-0.25, -0.2) is 4.98 Å². The first kappa shape index (κ1) is 13.9. The highest BCUT2D eigenvalue weighted by Gasteiger charge is 2.20. The van der Waals surface area contributed by atoms with Crippen LogP contribution < -0.4 is 5.32 Å². The summed E-state index contributed by atoms with van der Waals surface area (Å²) in [4.78, 5) is 15.6. The van der Waals surface area contributed by atoms with Gasteiger partial charge in [0.05, 0.1) is 13.0 Å². The maximum absolute atomic E-state index is 11.2. The second-order valence-electron chi connectivity index (χ2n) is 4.98. The Morgan fingerprint density at radius 2 is 2.18 bits per heavy atom. The molecule has 1 aromatic rings. The quantitative estimate of drug-likeness (QED) is 0.836. The van der Waals surface area contributed by atoms with Crippen molar-refractivity contribution >= 4 is 22.6 Å². The monoisotopic (exact) mass is 257 g/mol. The lowest BCUT2D eigenvalue weighted by molar-refractivity contribution is -0.144. The molecule has 0 radical (unpaired) electrons. The van der Waals surface area contributed by atoms with Crippen LogP contribution in [0.3, 0.4) is 0 Å². The van der Waals surface area contributed by atoms with Crippen molar-refractivity contribution in [3.05, 3.63) is 5.82 Å². The molecule has 1 rings (SSSR count). The Balaban J connectivity index is 2.53. The summed E-state index contributed by atoms with van der Waals surface area (Å²) < 4.78 is 8.93. The summed E-state index contributed by atoms with van der Waals surface area (Å²) in [5.74, 6) is 0.399. The topological polar surface area (TPSA) is 64.1 Å². The van der Waals surface area contributed by atoms with Crippen LogP contribution in [-0.4, -0.2) is 29.0 Å². The van der Waals surface area contributed by atoms with Crippen LogP contribution in [0.15, 0.2) is 0 Å². The fourth-order valence-electron chi connectivity index (χ4n) is 1.12. The summed E-state index contributed by atoms with van der Waals surface area (Å²) in [6, 6.07) is 0. The SMILES string of the molecule is COC(=O)C(C)CNc1nc(C(C)(C)C)ns1. The smallest absolute Gasteiger partial charge is 0.310 e. The van der Waals surface area contributed by atoms with E-state index in [0.717, 1.165) is 11.0 Å². The minimum absolute atomic E-state index is 0.0512. The molecule has 0 aliphatic rings. The summed E-state index contributed by atoms with van der Waals surface area (Å²) in [5, 5.41) is 3.84. The number of methoxy groups -OCH3 is 1. The van der Waals surface area contributed by atoms with Crippen molar-refractivity contribution in [3.63, 3.8) is 0 Å². The van der Waals surface area contributed by atoms with Gasteiger partial charge in [0.2, 0.25) is 5.13 Å². The fraction of sp³-hybridized carbons (Fsp3) is 0.727. The van der Waals surface area contributed by atoms with E-state index in [-0.39, 0.29) is 17.3 Å². The predicted molar refractivity (Wildman–Crippen MR) is 68.3 cm³/mol. The van der Waals surface area contributed by atoms with E-state index in [1.165, 1.54) is 18.6 Å². The molecule has 1 unspecified atom stereocenters. The molecule has 1 N–H and O–H groups in total. The van der Waals surface area contributed by atoms with Gasteiger partial charge in [-0.3, -0.25) is 4.79 Å². The number of hydrogen-bond donors (Lipinski definition) is 1. The lowest BCUT2D eigenvalue weighted by Gasteiger charge is -2.12. The van der Waals surface area contributed by atoms with Gasteiger partial charge in [-0.1, -0.05) is 27.7 Å². The number of aromatic nitrogens is 2. The molecule has 0 spiro atoms. The van der Waals surface area contributed by atoms with Crippen molar-refractivity contribution in [1.82, 2.24) is 9.36 Å².